The van der Waals surface area contributed by atoms with E-state index in [-0.39, 0.29) is 19.3 Å². The zero-order valence-electron chi connectivity index (χ0n) is 66.1. The second-order valence-corrected chi connectivity index (χ2v) is 30.4. The van der Waals surface area contributed by atoms with Crippen LogP contribution in [0.1, 0.15) is 342 Å². The van der Waals surface area contributed by atoms with Gasteiger partial charge >= 0.3 is 33.6 Å². The summed E-state index contributed by atoms with van der Waals surface area (Å²) in [5.41, 5.74) is 0. The fourth-order valence-corrected chi connectivity index (χ4v) is 12.7. The fourth-order valence-electron chi connectivity index (χ4n) is 11.1. The third-order valence-corrected chi connectivity index (χ3v) is 19.3. The third-order valence-electron chi connectivity index (χ3n) is 17.4. The van der Waals surface area contributed by atoms with Gasteiger partial charge in [0.1, 0.15) is 25.4 Å². The molecule has 0 aromatic heterocycles. The van der Waals surface area contributed by atoms with Gasteiger partial charge in [0.25, 0.3) is 0 Å². The zero-order chi connectivity index (χ0) is 76.6. The zero-order valence-corrected chi connectivity index (χ0v) is 67.9. The molecule has 0 aromatic rings. The van der Waals surface area contributed by atoms with E-state index in [9.17, 15) is 43.5 Å². The van der Waals surface area contributed by atoms with Crippen LogP contribution in [0.5, 0.6) is 0 Å². The van der Waals surface area contributed by atoms with Gasteiger partial charge in [-0.3, -0.25) is 32.5 Å². The van der Waals surface area contributed by atoms with E-state index in [1.807, 2.05) is 0 Å². The number of aliphatic hydroxyl groups is 2. The van der Waals surface area contributed by atoms with Crippen LogP contribution in [0.3, 0.4) is 0 Å². The average Bonchev–Trinajstić information content (AvgIpc) is 0.933. The maximum atomic E-state index is 12.9. The lowest BCUT2D eigenvalue weighted by Gasteiger charge is -2.21. The molecule has 0 radical (unpaired) electrons. The van der Waals surface area contributed by atoms with Gasteiger partial charge < -0.3 is 34.2 Å². The minimum Gasteiger partial charge on any atom is -0.463 e. The number of hydrogen-bond acceptors (Lipinski definition) is 14. The number of hydrogen-bond donors (Lipinski definition) is 4. The highest BCUT2D eigenvalue weighted by molar-refractivity contribution is 7.47. The number of carbonyl (C=O) groups is 3. The lowest BCUT2D eigenvalue weighted by atomic mass is 10.0. The summed E-state index contributed by atoms with van der Waals surface area (Å²) in [7, 11) is -9.78. The molecule has 0 aliphatic heterocycles. The Kier molecular flexibility index (Phi) is 76.0. The van der Waals surface area contributed by atoms with Gasteiger partial charge in [-0.25, -0.2) is 9.13 Å². The van der Waals surface area contributed by atoms with Crippen LogP contribution in [0.15, 0.2) is 134 Å². The highest BCUT2D eigenvalue weighted by Gasteiger charge is 2.29. The summed E-state index contributed by atoms with van der Waals surface area (Å²) >= 11 is 0. The molecule has 604 valence electrons. The van der Waals surface area contributed by atoms with E-state index in [0.717, 1.165) is 154 Å². The molecule has 0 amide bonds. The number of unbranched alkanes of at least 4 members (excludes halogenated alkanes) is 33. The molecule has 5 unspecified atom stereocenters. The minimum absolute atomic E-state index is 0.105. The van der Waals surface area contributed by atoms with E-state index in [1.165, 1.54) is 128 Å². The predicted molar refractivity (Wildman–Crippen MR) is 436 cm³/mol. The third kappa shape index (κ3) is 80.5. The first-order chi connectivity index (χ1) is 51.2. The summed E-state index contributed by atoms with van der Waals surface area (Å²) in [6, 6.07) is 0. The smallest absolute Gasteiger partial charge is 0.463 e. The standard InChI is InChI=1S/C87H150O16P2/c1-4-7-10-13-16-19-22-24-26-28-30-32-34-36-37-38-39-40-41-42-43-45-47-48-50-52-54-56-59-61-64-67-70-73-85(90)97-76-82(88)77-99-104(93,94)100-78-83(89)79-101-105(95,96)102-81-84(103-87(92)75-72-69-66-63-58-21-18-15-12-9-6-3)80-98-86(91)74-71-68-65-62-60-57-55-53-51-49-46-44-35-33-31-29-27-25-23-20-17-14-11-8-5-2/h7-8,10-11,16-17,19-20,24-27,30-33,36-37,39-40,44,46,82-84,88-89H,4-6,9,12-15,18,21-23,28-29,34-35,38,41-43,45,47-81H2,1-3H3,(H,93,94)(H,95,96)/b10-7-,11-8-,19-16-,20-17-,26-24-,27-25-,32-30-,33-31-,37-36-,40-39-,46-44-. The molecule has 18 heteroatoms. The van der Waals surface area contributed by atoms with Crippen molar-refractivity contribution in [3.63, 3.8) is 0 Å². The molecule has 4 N–H and O–H groups in total. The Morgan fingerprint density at radius 1 is 0.276 bits per heavy atom. The van der Waals surface area contributed by atoms with Crippen LogP contribution in [-0.2, 0) is 55.8 Å². The average molecular weight is 1510 g/mol. The molecule has 0 saturated carbocycles. The summed E-state index contributed by atoms with van der Waals surface area (Å²) in [5.74, 6) is -1.57. The molecule has 0 heterocycles. The summed E-state index contributed by atoms with van der Waals surface area (Å²) < 4.78 is 61.1. The SMILES string of the molecule is CC/C=C\C/C=C\C/C=C\C/C=C\C/C=C\C/C=C\CCCCCCCCCCCCCCCCC(=O)OCC(O)COP(=O)(O)OCC(O)COP(=O)(O)OCC(COC(=O)CCCCCCCCCCC/C=C\C/C=C\C/C=C\C/C=C\C/C=C\CC)OC(=O)CCCCCCCCCCCCC. The van der Waals surface area contributed by atoms with E-state index in [2.05, 4.69) is 154 Å². The first-order valence-corrected chi connectivity index (χ1v) is 44.5. The summed E-state index contributed by atoms with van der Waals surface area (Å²) in [6.45, 7) is 2.46. The van der Waals surface area contributed by atoms with Crippen molar-refractivity contribution in [2.24, 2.45) is 0 Å². The number of allylic oxidation sites excluding steroid dienone is 22. The lowest BCUT2D eigenvalue weighted by Crippen LogP contribution is -2.30. The first kappa shape index (κ1) is 101. The van der Waals surface area contributed by atoms with E-state index >= 15 is 0 Å². The molecule has 0 fully saturated rings. The molecule has 0 aromatic carbocycles. The van der Waals surface area contributed by atoms with Crippen molar-refractivity contribution in [1.29, 1.82) is 0 Å². The highest BCUT2D eigenvalue weighted by atomic mass is 31.2. The maximum absolute atomic E-state index is 12.9. The van der Waals surface area contributed by atoms with E-state index in [0.29, 0.717) is 19.3 Å². The molecule has 0 aliphatic rings. The molecule has 0 bridgehead atoms. The van der Waals surface area contributed by atoms with Gasteiger partial charge in [-0.1, -0.05) is 341 Å². The monoisotopic (exact) mass is 1510 g/mol. The van der Waals surface area contributed by atoms with Crippen molar-refractivity contribution in [3.8, 4) is 0 Å². The molecule has 0 rings (SSSR count). The Morgan fingerprint density at radius 2 is 0.505 bits per heavy atom. The van der Waals surface area contributed by atoms with E-state index in [1.54, 1.807) is 0 Å². The van der Waals surface area contributed by atoms with Crippen molar-refractivity contribution in [1.82, 2.24) is 0 Å². The van der Waals surface area contributed by atoms with Gasteiger partial charge in [-0.05, 0) is 116 Å². The van der Waals surface area contributed by atoms with Crippen molar-refractivity contribution in [2.75, 3.05) is 39.6 Å². The Morgan fingerprint density at radius 3 is 0.800 bits per heavy atom. The Balaban J connectivity index is 4.39. The second kappa shape index (κ2) is 79.2. The van der Waals surface area contributed by atoms with Gasteiger partial charge in [0.2, 0.25) is 0 Å². The molecule has 0 saturated heterocycles. The van der Waals surface area contributed by atoms with Gasteiger partial charge in [0, 0.05) is 19.3 Å². The molecule has 16 nitrogen and oxygen atoms in total. The van der Waals surface area contributed by atoms with Crippen molar-refractivity contribution >= 4 is 33.6 Å². The largest absolute Gasteiger partial charge is 0.472 e. The minimum atomic E-state index is -4.93. The van der Waals surface area contributed by atoms with Crippen molar-refractivity contribution < 1.29 is 75.8 Å². The van der Waals surface area contributed by atoms with Crippen molar-refractivity contribution in [2.45, 2.75) is 360 Å². The summed E-state index contributed by atoms with van der Waals surface area (Å²) in [6.07, 6.45) is 96.6. The number of carbonyl (C=O) groups excluding carboxylic acids is 3. The number of aliphatic hydroxyl groups excluding tert-OH is 2. The van der Waals surface area contributed by atoms with Crippen LogP contribution < -0.4 is 0 Å². The molecule has 0 spiro atoms. The summed E-state index contributed by atoms with van der Waals surface area (Å²) in [5, 5.41) is 20.6. The van der Waals surface area contributed by atoms with Gasteiger partial charge in [0.15, 0.2) is 6.10 Å². The van der Waals surface area contributed by atoms with Crippen molar-refractivity contribution in [3.05, 3.63) is 134 Å². The first-order valence-electron chi connectivity index (χ1n) is 41.5. The second-order valence-electron chi connectivity index (χ2n) is 27.5. The van der Waals surface area contributed by atoms with Gasteiger partial charge in [-0.2, -0.15) is 0 Å². The maximum Gasteiger partial charge on any atom is 0.472 e. The molecule has 105 heavy (non-hydrogen) atoms. The molecule has 0 aliphatic carbocycles. The lowest BCUT2D eigenvalue weighted by molar-refractivity contribution is -0.161. The number of ether oxygens (including phenoxy) is 3. The number of phosphoric acid groups is 2. The van der Waals surface area contributed by atoms with Crippen LogP contribution in [-0.4, -0.2) is 95.9 Å². The Hall–Kier alpha value is -4.31. The van der Waals surface area contributed by atoms with Crippen LogP contribution >= 0.6 is 15.6 Å². The van der Waals surface area contributed by atoms with Crippen LogP contribution in [0.25, 0.3) is 0 Å². The van der Waals surface area contributed by atoms with Crippen LogP contribution in [0, 0.1) is 0 Å². The topological polar surface area (TPSA) is 231 Å². The number of phosphoric ester groups is 2. The predicted octanol–water partition coefficient (Wildman–Crippen LogP) is 24.7. The highest BCUT2D eigenvalue weighted by Crippen LogP contribution is 2.45. The quantitative estimate of drug-likeness (QED) is 0.0146. The number of rotatable bonds is 78. The van der Waals surface area contributed by atoms with E-state index < -0.39 is 91.5 Å². The van der Waals surface area contributed by atoms with Crippen LogP contribution in [0.2, 0.25) is 0 Å². The Labute approximate surface area is 639 Å². The normalized spacial score (nSPS) is 14.6. The number of esters is 3. The van der Waals surface area contributed by atoms with Crippen LogP contribution in [0.4, 0.5) is 0 Å². The molecular formula is C87H150O16P2. The Bertz CT molecular complexity index is 2440. The molecular weight excluding hydrogens is 1360 g/mol. The fraction of sp³-hybridized carbons (Fsp3) is 0.713. The van der Waals surface area contributed by atoms with Gasteiger partial charge in [0.05, 0.1) is 26.4 Å². The van der Waals surface area contributed by atoms with Gasteiger partial charge in [-0.15, -0.1) is 0 Å². The van der Waals surface area contributed by atoms with E-state index in [4.69, 9.17) is 32.3 Å². The molecule has 5 atom stereocenters. The summed E-state index contributed by atoms with van der Waals surface area (Å²) in [4.78, 5) is 58.6.